The summed E-state index contributed by atoms with van der Waals surface area (Å²) >= 11 is 6.01. The first-order valence-corrected chi connectivity index (χ1v) is 8.65. The largest absolute Gasteiger partial charge is 0.345 e. The Labute approximate surface area is 153 Å². The predicted molar refractivity (Wildman–Crippen MR) is 103 cm³/mol. The van der Waals surface area contributed by atoms with E-state index in [9.17, 15) is 4.79 Å². The number of benzene rings is 3. The first-order valence-electron chi connectivity index (χ1n) is 8.27. The summed E-state index contributed by atoms with van der Waals surface area (Å²) in [6.07, 6.45) is 0.301. The van der Waals surface area contributed by atoms with Gasteiger partial charge in [-0.1, -0.05) is 83.9 Å². The van der Waals surface area contributed by atoms with E-state index in [1.807, 2.05) is 54.6 Å². The summed E-state index contributed by atoms with van der Waals surface area (Å²) in [7, 11) is 0. The van der Waals surface area contributed by atoms with E-state index >= 15 is 0 Å². The number of carbonyl (C=O) groups excluding carboxylic acids is 1. The number of halogens is 1. The fraction of sp³-hybridized carbons (Fsp3) is 0.136. The summed E-state index contributed by atoms with van der Waals surface area (Å²) in [4.78, 5) is 12.6. The van der Waals surface area contributed by atoms with Gasteiger partial charge in [0.25, 0.3) is 0 Å². The fourth-order valence-corrected chi connectivity index (χ4v) is 3.02. The van der Waals surface area contributed by atoms with Crippen molar-refractivity contribution in [2.24, 2.45) is 0 Å². The molecule has 0 aliphatic carbocycles. The minimum absolute atomic E-state index is 0.0308. The number of aryl methyl sites for hydroxylation is 1. The lowest BCUT2D eigenvalue weighted by Crippen LogP contribution is -2.30. The SMILES string of the molecule is Cc1ccc([C@@H](NC(=O)Cc2cccc(Cl)c2)c2ccccc2)cc1. The highest BCUT2D eigenvalue weighted by atomic mass is 35.5. The highest BCUT2D eigenvalue weighted by Gasteiger charge is 2.17. The maximum Gasteiger partial charge on any atom is 0.225 e. The van der Waals surface area contributed by atoms with Crippen LogP contribution >= 0.6 is 11.6 Å². The number of hydrogen-bond donors (Lipinski definition) is 1. The predicted octanol–water partition coefficient (Wildman–Crippen LogP) is 5.10. The highest BCUT2D eigenvalue weighted by Crippen LogP contribution is 2.22. The molecule has 0 aliphatic heterocycles. The van der Waals surface area contributed by atoms with Gasteiger partial charge in [0.05, 0.1) is 12.5 Å². The molecule has 0 saturated carbocycles. The maximum atomic E-state index is 12.6. The van der Waals surface area contributed by atoms with E-state index in [1.54, 1.807) is 0 Å². The molecule has 3 rings (SSSR count). The van der Waals surface area contributed by atoms with E-state index in [4.69, 9.17) is 11.6 Å². The van der Waals surface area contributed by atoms with Gasteiger partial charge >= 0.3 is 0 Å². The molecule has 0 aromatic heterocycles. The molecule has 3 aromatic rings. The Hall–Kier alpha value is -2.58. The molecule has 1 atom stereocenters. The van der Waals surface area contributed by atoms with Crippen molar-refractivity contribution in [1.82, 2.24) is 5.32 Å². The van der Waals surface area contributed by atoms with E-state index in [0.29, 0.717) is 11.4 Å². The molecule has 1 N–H and O–H groups in total. The van der Waals surface area contributed by atoms with Crippen molar-refractivity contribution in [3.8, 4) is 0 Å². The van der Waals surface area contributed by atoms with Crippen LogP contribution in [0.1, 0.15) is 28.3 Å². The number of carbonyl (C=O) groups is 1. The average Bonchev–Trinajstić information content (AvgIpc) is 2.61. The lowest BCUT2D eigenvalue weighted by molar-refractivity contribution is -0.120. The maximum absolute atomic E-state index is 12.6. The third-order valence-corrected chi connectivity index (χ3v) is 4.34. The summed E-state index contributed by atoms with van der Waals surface area (Å²) in [5.41, 5.74) is 4.23. The smallest absolute Gasteiger partial charge is 0.225 e. The Kier molecular flexibility index (Phi) is 5.52. The van der Waals surface area contributed by atoms with Crippen LogP contribution in [0.3, 0.4) is 0 Å². The van der Waals surface area contributed by atoms with E-state index < -0.39 is 0 Å². The molecule has 0 fully saturated rings. The Morgan fingerprint density at radius 1 is 0.920 bits per heavy atom. The zero-order valence-electron chi connectivity index (χ0n) is 14.1. The molecule has 126 valence electrons. The Balaban J connectivity index is 1.82. The number of rotatable bonds is 5. The van der Waals surface area contributed by atoms with Crippen molar-refractivity contribution in [3.63, 3.8) is 0 Å². The first-order chi connectivity index (χ1) is 12.1. The second-order valence-electron chi connectivity index (χ2n) is 6.13. The van der Waals surface area contributed by atoms with Gasteiger partial charge in [-0.2, -0.15) is 0 Å². The minimum Gasteiger partial charge on any atom is -0.345 e. The molecule has 0 aliphatic rings. The van der Waals surface area contributed by atoms with Crippen LogP contribution in [0, 0.1) is 6.92 Å². The average molecular weight is 350 g/mol. The van der Waals surface area contributed by atoms with E-state index in [0.717, 1.165) is 16.7 Å². The molecule has 3 heteroatoms. The Morgan fingerprint density at radius 3 is 2.28 bits per heavy atom. The normalized spacial score (nSPS) is 11.8. The fourth-order valence-electron chi connectivity index (χ4n) is 2.81. The zero-order chi connectivity index (χ0) is 17.6. The highest BCUT2D eigenvalue weighted by molar-refractivity contribution is 6.30. The van der Waals surface area contributed by atoms with Crippen LogP contribution in [0.5, 0.6) is 0 Å². The molecule has 0 spiro atoms. The summed E-state index contributed by atoms with van der Waals surface area (Å²) in [6, 6.07) is 25.5. The molecule has 0 heterocycles. The summed E-state index contributed by atoms with van der Waals surface area (Å²) in [5.74, 6) is -0.0308. The van der Waals surface area contributed by atoms with Crippen LogP contribution in [0.2, 0.25) is 5.02 Å². The van der Waals surface area contributed by atoms with Gasteiger partial charge in [-0.3, -0.25) is 4.79 Å². The second-order valence-corrected chi connectivity index (χ2v) is 6.57. The van der Waals surface area contributed by atoms with Gasteiger partial charge in [0.2, 0.25) is 5.91 Å². The molecule has 2 nitrogen and oxygen atoms in total. The van der Waals surface area contributed by atoms with Crippen LogP contribution in [-0.2, 0) is 11.2 Å². The minimum atomic E-state index is -0.173. The molecule has 0 bridgehead atoms. The molecule has 1 amide bonds. The molecule has 3 aromatic carbocycles. The van der Waals surface area contributed by atoms with Crippen molar-refractivity contribution < 1.29 is 4.79 Å². The van der Waals surface area contributed by atoms with Crippen LogP contribution in [0.4, 0.5) is 0 Å². The monoisotopic (exact) mass is 349 g/mol. The molecular formula is C22H20ClNO. The van der Waals surface area contributed by atoms with Gasteiger partial charge in [-0.25, -0.2) is 0 Å². The van der Waals surface area contributed by atoms with Crippen molar-refractivity contribution in [2.45, 2.75) is 19.4 Å². The standard InChI is InChI=1S/C22H20ClNO/c1-16-10-12-19(13-11-16)22(18-7-3-2-4-8-18)24-21(25)15-17-6-5-9-20(23)14-17/h2-14,22H,15H2,1H3,(H,24,25)/t22-/m0/s1. The third kappa shape index (κ3) is 4.71. The van der Waals surface area contributed by atoms with E-state index in [-0.39, 0.29) is 11.9 Å². The van der Waals surface area contributed by atoms with Crippen molar-refractivity contribution in [1.29, 1.82) is 0 Å². The zero-order valence-corrected chi connectivity index (χ0v) is 14.8. The van der Waals surface area contributed by atoms with E-state index in [2.05, 4.69) is 36.5 Å². The number of nitrogens with one attached hydrogen (secondary N) is 1. The van der Waals surface area contributed by atoms with E-state index in [1.165, 1.54) is 5.56 Å². The second kappa shape index (κ2) is 8.00. The molecule has 0 saturated heterocycles. The van der Waals surface area contributed by atoms with Gasteiger partial charge in [0.1, 0.15) is 0 Å². The van der Waals surface area contributed by atoms with Crippen LogP contribution < -0.4 is 5.32 Å². The first kappa shape index (κ1) is 17.2. The van der Waals surface area contributed by atoms with Gasteiger partial charge in [0, 0.05) is 5.02 Å². The van der Waals surface area contributed by atoms with Gasteiger partial charge in [0.15, 0.2) is 0 Å². The van der Waals surface area contributed by atoms with Crippen LogP contribution in [0.15, 0.2) is 78.9 Å². The Morgan fingerprint density at radius 2 is 1.60 bits per heavy atom. The van der Waals surface area contributed by atoms with Crippen molar-refractivity contribution in [2.75, 3.05) is 0 Å². The number of amides is 1. The Bertz CT molecular complexity index is 843. The van der Waals surface area contributed by atoms with Crippen LogP contribution in [0.25, 0.3) is 0 Å². The molecule has 0 radical (unpaired) electrons. The summed E-state index contributed by atoms with van der Waals surface area (Å²) in [6.45, 7) is 2.05. The van der Waals surface area contributed by atoms with Crippen LogP contribution in [-0.4, -0.2) is 5.91 Å². The molecule has 0 unspecified atom stereocenters. The van der Waals surface area contributed by atoms with Gasteiger partial charge in [-0.15, -0.1) is 0 Å². The van der Waals surface area contributed by atoms with Gasteiger partial charge < -0.3 is 5.32 Å². The topological polar surface area (TPSA) is 29.1 Å². The van der Waals surface area contributed by atoms with Gasteiger partial charge in [-0.05, 0) is 35.7 Å². The quantitative estimate of drug-likeness (QED) is 0.682. The lowest BCUT2D eigenvalue weighted by atomic mass is 9.97. The van der Waals surface area contributed by atoms with Crippen molar-refractivity contribution >= 4 is 17.5 Å². The molecular weight excluding hydrogens is 330 g/mol. The van der Waals surface area contributed by atoms with Crippen molar-refractivity contribution in [3.05, 3.63) is 106 Å². The third-order valence-electron chi connectivity index (χ3n) is 4.10. The summed E-state index contributed by atoms with van der Waals surface area (Å²) in [5, 5.41) is 3.80. The lowest BCUT2D eigenvalue weighted by Gasteiger charge is -2.20. The number of hydrogen-bond acceptors (Lipinski definition) is 1. The molecule has 25 heavy (non-hydrogen) atoms. The summed E-state index contributed by atoms with van der Waals surface area (Å²) < 4.78 is 0.